The Kier molecular flexibility index (Phi) is 4.73. The third-order valence-electron chi connectivity index (χ3n) is 3.57. The Balaban J connectivity index is 2.90. The molecule has 0 bridgehead atoms. The van der Waals surface area contributed by atoms with Gasteiger partial charge in [-0.15, -0.1) is 0 Å². The molecule has 1 fully saturated rings. The first-order valence-corrected chi connectivity index (χ1v) is 6.47. The van der Waals surface area contributed by atoms with E-state index in [1.165, 1.54) is 4.90 Å². The Hall–Kier alpha value is -1.10. The number of nitrogens with zero attached hydrogens (tertiary/aromatic N) is 1. The summed E-state index contributed by atoms with van der Waals surface area (Å²) in [6.45, 7) is 7.98. The van der Waals surface area contributed by atoms with E-state index in [0.717, 1.165) is 0 Å². The van der Waals surface area contributed by atoms with Gasteiger partial charge >= 0.3 is 5.97 Å². The summed E-state index contributed by atoms with van der Waals surface area (Å²) in [5, 5.41) is 18.7. The van der Waals surface area contributed by atoms with Gasteiger partial charge in [0.2, 0.25) is 5.91 Å². The zero-order chi connectivity index (χ0) is 14.0. The van der Waals surface area contributed by atoms with Gasteiger partial charge < -0.3 is 15.1 Å². The van der Waals surface area contributed by atoms with Gasteiger partial charge in [-0.25, -0.2) is 4.79 Å². The topological polar surface area (TPSA) is 77.8 Å². The first-order chi connectivity index (χ1) is 8.25. The van der Waals surface area contributed by atoms with Gasteiger partial charge in [0.25, 0.3) is 0 Å². The van der Waals surface area contributed by atoms with Crippen LogP contribution < -0.4 is 0 Å². The average molecular weight is 257 g/mol. The van der Waals surface area contributed by atoms with Crippen molar-refractivity contribution in [3.8, 4) is 0 Å². The smallest absolute Gasteiger partial charge is 0.326 e. The van der Waals surface area contributed by atoms with Gasteiger partial charge in [0.1, 0.15) is 6.04 Å². The maximum absolute atomic E-state index is 12.4. The number of likely N-dealkylation sites (tertiary alicyclic amines) is 1. The van der Waals surface area contributed by atoms with Crippen LogP contribution in [0.1, 0.15) is 34.1 Å². The lowest BCUT2D eigenvalue weighted by Crippen LogP contribution is -2.46. The molecular formula is C13H23NO4. The number of rotatable bonds is 4. The molecule has 0 aromatic rings. The molecule has 5 heteroatoms. The molecule has 0 aromatic heterocycles. The maximum Gasteiger partial charge on any atom is 0.326 e. The summed E-state index contributed by atoms with van der Waals surface area (Å²) in [4.78, 5) is 24.9. The van der Waals surface area contributed by atoms with Crippen molar-refractivity contribution in [2.75, 3.05) is 6.54 Å². The summed E-state index contributed by atoms with van der Waals surface area (Å²) >= 11 is 0. The quantitative estimate of drug-likeness (QED) is 0.786. The number of carbonyl (C=O) groups excluding carboxylic acids is 1. The molecule has 1 aliphatic rings. The van der Waals surface area contributed by atoms with Crippen molar-refractivity contribution < 1.29 is 19.8 Å². The summed E-state index contributed by atoms with van der Waals surface area (Å²) < 4.78 is 0. The summed E-state index contributed by atoms with van der Waals surface area (Å²) in [7, 11) is 0. The molecule has 1 aliphatic heterocycles. The molecule has 0 aliphatic carbocycles. The van der Waals surface area contributed by atoms with Crippen LogP contribution in [0.15, 0.2) is 0 Å². The Morgan fingerprint density at radius 2 is 1.67 bits per heavy atom. The fraction of sp³-hybridized carbons (Fsp3) is 0.846. The fourth-order valence-corrected chi connectivity index (χ4v) is 2.82. The van der Waals surface area contributed by atoms with E-state index < -0.39 is 18.1 Å². The van der Waals surface area contributed by atoms with Crippen LogP contribution in [0.4, 0.5) is 0 Å². The highest BCUT2D eigenvalue weighted by molar-refractivity contribution is 5.86. The molecule has 5 nitrogen and oxygen atoms in total. The maximum atomic E-state index is 12.4. The highest BCUT2D eigenvalue weighted by Gasteiger charge is 2.42. The van der Waals surface area contributed by atoms with Crippen molar-refractivity contribution in [2.45, 2.75) is 46.3 Å². The van der Waals surface area contributed by atoms with Gasteiger partial charge in [-0.1, -0.05) is 27.7 Å². The predicted octanol–water partition coefficient (Wildman–Crippen LogP) is 0.961. The lowest BCUT2D eigenvalue weighted by atomic mass is 9.84. The van der Waals surface area contributed by atoms with E-state index in [9.17, 15) is 14.7 Å². The largest absolute Gasteiger partial charge is 0.480 e. The summed E-state index contributed by atoms with van der Waals surface area (Å²) in [6, 6.07) is -0.882. The van der Waals surface area contributed by atoms with Crippen molar-refractivity contribution in [1.29, 1.82) is 0 Å². The molecule has 104 valence electrons. The van der Waals surface area contributed by atoms with E-state index in [1.807, 2.05) is 27.7 Å². The van der Waals surface area contributed by atoms with Crippen LogP contribution in [0.25, 0.3) is 0 Å². The zero-order valence-corrected chi connectivity index (χ0v) is 11.5. The van der Waals surface area contributed by atoms with Crippen molar-refractivity contribution in [2.24, 2.45) is 17.8 Å². The summed E-state index contributed by atoms with van der Waals surface area (Å²) in [5.41, 5.74) is 0. The van der Waals surface area contributed by atoms with Crippen molar-refractivity contribution in [3.05, 3.63) is 0 Å². The lowest BCUT2D eigenvalue weighted by molar-refractivity contribution is -0.151. The number of aliphatic carboxylic acids is 1. The Morgan fingerprint density at radius 3 is 2.06 bits per heavy atom. The second kappa shape index (κ2) is 5.69. The third-order valence-corrected chi connectivity index (χ3v) is 3.57. The number of aliphatic hydroxyl groups is 1. The minimum Gasteiger partial charge on any atom is -0.480 e. The molecule has 18 heavy (non-hydrogen) atoms. The number of aliphatic hydroxyl groups excluding tert-OH is 1. The second-order valence-corrected chi connectivity index (χ2v) is 5.75. The fourth-order valence-electron chi connectivity index (χ4n) is 2.82. The third kappa shape index (κ3) is 3.02. The highest BCUT2D eigenvalue weighted by atomic mass is 16.4. The van der Waals surface area contributed by atoms with Crippen LogP contribution in [0, 0.1) is 17.8 Å². The molecule has 1 amide bonds. The number of hydrogen-bond donors (Lipinski definition) is 2. The van der Waals surface area contributed by atoms with Crippen molar-refractivity contribution >= 4 is 11.9 Å². The van der Waals surface area contributed by atoms with E-state index in [0.29, 0.717) is 0 Å². The second-order valence-electron chi connectivity index (χ2n) is 5.75. The van der Waals surface area contributed by atoms with Crippen LogP contribution >= 0.6 is 0 Å². The number of carboxylic acids is 1. The van der Waals surface area contributed by atoms with E-state index in [2.05, 4.69) is 0 Å². The van der Waals surface area contributed by atoms with E-state index in [-0.39, 0.29) is 36.6 Å². The zero-order valence-electron chi connectivity index (χ0n) is 11.5. The minimum absolute atomic E-state index is 0.129. The predicted molar refractivity (Wildman–Crippen MR) is 66.9 cm³/mol. The van der Waals surface area contributed by atoms with E-state index in [4.69, 9.17) is 5.11 Å². The summed E-state index contributed by atoms with van der Waals surface area (Å²) in [5.74, 6) is -1.07. The van der Waals surface area contributed by atoms with Crippen molar-refractivity contribution in [1.82, 2.24) is 4.90 Å². The Labute approximate surface area is 108 Å². The van der Waals surface area contributed by atoms with Gasteiger partial charge in [-0.3, -0.25) is 4.79 Å². The van der Waals surface area contributed by atoms with Gasteiger partial charge in [0, 0.05) is 18.9 Å². The van der Waals surface area contributed by atoms with E-state index in [1.54, 1.807) is 0 Å². The Bertz CT molecular complexity index is 319. The van der Waals surface area contributed by atoms with Gasteiger partial charge in [-0.2, -0.15) is 0 Å². The molecule has 0 aromatic carbocycles. The first-order valence-electron chi connectivity index (χ1n) is 6.47. The summed E-state index contributed by atoms with van der Waals surface area (Å²) in [6.07, 6.45) is -0.598. The molecule has 2 atom stereocenters. The normalized spacial score (nSPS) is 24.3. The number of hydrogen-bond acceptors (Lipinski definition) is 3. The monoisotopic (exact) mass is 257 g/mol. The number of carbonyl (C=O) groups is 2. The van der Waals surface area contributed by atoms with Crippen LogP contribution in [0.3, 0.4) is 0 Å². The molecule has 0 saturated carbocycles. The van der Waals surface area contributed by atoms with Gasteiger partial charge in [0.15, 0.2) is 0 Å². The average Bonchev–Trinajstić information content (AvgIpc) is 2.59. The molecule has 1 rings (SSSR count). The molecule has 0 spiro atoms. The number of β-amino-alcohol motifs (C(OH)–C–C–N with tert-alkyl or cyclic N) is 1. The number of carboxylic acid groups (broad SMARTS) is 1. The minimum atomic E-state index is -1.04. The Morgan fingerprint density at radius 1 is 1.17 bits per heavy atom. The molecular weight excluding hydrogens is 234 g/mol. The number of amides is 1. The SMILES string of the molecule is CC(C)C(C(=O)N1C[C@H](O)C[C@H]1C(=O)O)C(C)C. The molecule has 0 radical (unpaired) electrons. The molecule has 1 saturated heterocycles. The van der Waals surface area contributed by atoms with Crippen molar-refractivity contribution in [3.63, 3.8) is 0 Å². The standard InChI is InChI=1S/C13H23NO4/c1-7(2)11(8(3)4)12(16)14-6-9(15)5-10(14)13(17)18/h7-11,15H,5-6H2,1-4H3,(H,17,18)/t9-,10+/m1/s1. The molecule has 0 unspecified atom stereocenters. The highest BCUT2D eigenvalue weighted by Crippen LogP contribution is 2.27. The molecule has 1 heterocycles. The molecule has 2 N–H and O–H groups in total. The van der Waals surface area contributed by atoms with E-state index >= 15 is 0 Å². The van der Waals surface area contributed by atoms with Gasteiger partial charge in [0.05, 0.1) is 6.10 Å². The van der Waals surface area contributed by atoms with Crippen LogP contribution in [0.2, 0.25) is 0 Å². The first kappa shape index (κ1) is 15.0. The van der Waals surface area contributed by atoms with Crippen LogP contribution in [-0.4, -0.2) is 45.7 Å². The van der Waals surface area contributed by atoms with Crippen LogP contribution in [0.5, 0.6) is 0 Å². The van der Waals surface area contributed by atoms with Gasteiger partial charge in [-0.05, 0) is 11.8 Å². The lowest BCUT2D eigenvalue weighted by Gasteiger charge is -2.30. The van der Waals surface area contributed by atoms with Crippen LogP contribution in [-0.2, 0) is 9.59 Å².